The zero-order chi connectivity index (χ0) is 24.1. The van der Waals surface area contributed by atoms with E-state index >= 15 is 0 Å². The van der Waals surface area contributed by atoms with Crippen molar-refractivity contribution in [1.29, 1.82) is 5.26 Å². The summed E-state index contributed by atoms with van der Waals surface area (Å²) < 4.78 is 30.3. The zero-order valence-electron chi connectivity index (χ0n) is 19.0. The number of benzene rings is 3. The molecule has 172 valence electrons. The summed E-state index contributed by atoms with van der Waals surface area (Å²) in [6.45, 7) is -0.320. The number of nitrogens with zero attached hydrogens (tertiary/aromatic N) is 1. The second kappa shape index (κ2) is 10.3. The SMILES string of the molecule is COc1cccc(NC(=O)CC2B(C#N)CCc3cc(OC)c(Oc4cccc(F)c4)cc32)c1. The van der Waals surface area contributed by atoms with Crippen LogP contribution in [0.5, 0.6) is 23.0 Å². The maximum Gasteiger partial charge on any atom is 0.276 e. The minimum Gasteiger partial charge on any atom is -0.497 e. The molecule has 3 aromatic carbocycles. The van der Waals surface area contributed by atoms with Gasteiger partial charge in [0.1, 0.15) is 17.3 Å². The molecule has 0 fully saturated rings. The third kappa shape index (κ3) is 5.15. The van der Waals surface area contributed by atoms with Crippen molar-refractivity contribution in [2.24, 2.45) is 0 Å². The lowest BCUT2D eigenvalue weighted by Crippen LogP contribution is -2.31. The summed E-state index contributed by atoms with van der Waals surface area (Å²) in [5, 5.41) is 12.7. The predicted molar refractivity (Wildman–Crippen MR) is 128 cm³/mol. The highest BCUT2D eigenvalue weighted by Gasteiger charge is 2.36. The van der Waals surface area contributed by atoms with E-state index in [0.29, 0.717) is 41.4 Å². The molecule has 6 nitrogen and oxygen atoms in total. The van der Waals surface area contributed by atoms with Gasteiger partial charge < -0.3 is 19.5 Å². The number of amides is 1. The number of fused-ring (bicyclic) bond motifs is 1. The van der Waals surface area contributed by atoms with E-state index in [1.54, 1.807) is 50.6 Å². The number of ether oxygens (including phenoxy) is 3. The number of methoxy groups -OCH3 is 2. The molecular formula is C26H24BFN2O4. The molecule has 1 N–H and O–H groups in total. The van der Waals surface area contributed by atoms with Crippen LogP contribution in [0.1, 0.15) is 23.4 Å². The number of carbonyl (C=O) groups is 1. The number of aryl methyl sites for hydroxylation is 1. The van der Waals surface area contributed by atoms with Crippen LogP contribution in [0.15, 0.2) is 60.7 Å². The van der Waals surface area contributed by atoms with Crippen LogP contribution in [0.3, 0.4) is 0 Å². The summed E-state index contributed by atoms with van der Waals surface area (Å²) >= 11 is 0. The molecule has 1 aliphatic heterocycles. The van der Waals surface area contributed by atoms with Gasteiger partial charge in [0.15, 0.2) is 11.5 Å². The predicted octanol–water partition coefficient (Wildman–Crippen LogP) is 5.40. The van der Waals surface area contributed by atoms with Gasteiger partial charge in [-0.25, -0.2) is 9.65 Å². The fourth-order valence-electron chi connectivity index (χ4n) is 4.32. The first-order chi connectivity index (χ1) is 16.5. The van der Waals surface area contributed by atoms with E-state index in [0.717, 1.165) is 11.1 Å². The van der Waals surface area contributed by atoms with Gasteiger partial charge in [-0.3, -0.25) is 4.79 Å². The summed E-state index contributed by atoms with van der Waals surface area (Å²) in [4.78, 5) is 12.9. The molecule has 34 heavy (non-hydrogen) atoms. The first-order valence-corrected chi connectivity index (χ1v) is 11.0. The number of anilines is 1. The molecule has 0 aliphatic carbocycles. The standard InChI is InChI=1S/C26H24BFN2O4/c1-32-20-7-4-6-19(13-20)30-26(31)15-23-22-14-25(34-21-8-3-5-18(28)12-21)24(33-2)11-17(22)9-10-27(23)16-29/h3-8,11-14,23H,9-10,15H2,1-2H3,(H,30,31). The molecule has 0 saturated heterocycles. The lowest BCUT2D eigenvalue weighted by molar-refractivity contribution is -0.116. The van der Waals surface area contributed by atoms with Crippen molar-refractivity contribution in [2.75, 3.05) is 19.5 Å². The molecule has 0 bridgehead atoms. The Morgan fingerprint density at radius 2 is 1.88 bits per heavy atom. The quantitative estimate of drug-likeness (QED) is 0.480. The van der Waals surface area contributed by atoms with Crippen molar-refractivity contribution in [3.63, 3.8) is 0 Å². The molecule has 1 aliphatic rings. The van der Waals surface area contributed by atoms with Crippen LogP contribution in [0.2, 0.25) is 6.32 Å². The number of nitrogens with one attached hydrogen (secondary N) is 1. The Morgan fingerprint density at radius 3 is 2.62 bits per heavy atom. The maximum atomic E-state index is 13.7. The van der Waals surface area contributed by atoms with Gasteiger partial charge in [0.05, 0.1) is 14.2 Å². The summed E-state index contributed by atoms with van der Waals surface area (Å²) in [7, 11) is 3.11. The highest BCUT2D eigenvalue weighted by atomic mass is 19.1. The summed E-state index contributed by atoms with van der Waals surface area (Å²) in [5.41, 5.74) is 2.50. The molecular weight excluding hydrogens is 434 g/mol. The van der Waals surface area contributed by atoms with E-state index in [-0.39, 0.29) is 24.9 Å². The number of rotatable bonds is 7. The van der Waals surface area contributed by atoms with Gasteiger partial charge in [-0.1, -0.05) is 18.5 Å². The van der Waals surface area contributed by atoms with Gasteiger partial charge in [-0.05, 0) is 59.8 Å². The van der Waals surface area contributed by atoms with Crippen LogP contribution in [0.4, 0.5) is 10.1 Å². The largest absolute Gasteiger partial charge is 0.497 e. The van der Waals surface area contributed by atoms with E-state index in [1.807, 2.05) is 12.1 Å². The fraction of sp³-hybridized carbons (Fsp3) is 0.231. The fourth-order valence-corrected chi connectivity index (χ4v) is 4.32. The van der Waals surface area contributed by atoms with Crippen LogP contribution in [0.25, 0.3) is 0 Å². The van der Waals surface area contributed by atoms with E-state index in [1.165, 1.54) is 12.1 Å². The normalized spacial score (nSPS) is 14.5. The van der Waals surface area contributed by atoms with Crippen molar-refractivity contribution in [2.45, 2.75) is 25.0 Å². The van der Waals surface area contributed by atoms with Crippen molar-refractivity contribution in [3.05, 3.63) is 77.6 Å². The van der Waals surface area contributed by atoms with Crippen molar-refractivity contribution in [1.82, 2.24) is 0 Å². The highest BCUT2D eigenvalue weighted by Crippen LogP contribution is 2.42. The van der Waals surface area contributed by atoms with Crippen LogP contribution in [-0.2, 0) is 11.2 Å². The van der Waals surface area contributed by atoms with Crippen molar-refractivity contribution in [3.8, 4) is 29.0 Å². The van der Waals surface area contributed by atoms with E-state index in [4.69, 9.17) is 14.2 Å². The number of halogens is 1. The Kier molecular flexibility index (Phi) is 7.02. The summed E-state index contributed by atoms with van der Waals surface area (Å²) in [6, 6.07) is 16.7. The molecule has 1 amide bonds. The van der Waals surface area contributed by atoms with Gasteiger partial charge in [-0.15, -0.1) is 0 Å². The third-order valence-electron chi connectivity index (χ3n) is 5.98. The van der Waals surface area contributed by atoms with Crippen LogP contribution >= 0.6 is 0 Å². The molecule has 1 heterocycles. The summed E-state index contributed by atoms with van der Waals surface area (Å²) in [5.74, 6) is 3.33. The molecule has 1 unspecified atom stereocenters. The lowest BCUT2D eigenvalue weighted by Gasteiger charge is -2.28. The van der Waals surface area contributed by atoms with Crippen molar-refractivity contribution < 1.29 is 23.4 Å². The Morgan fingerprint density at radius 1 is 1.09 bits per heavy atom. The average Bonchev–Trinajstić information content (AvgIpc) is 2.84. The molecule has 0 spiro atoms. The first-order valence-electron chi connectivity index (χ1n) is 11.0. The number of hydrogen-bond donors (Lipinski definition) is 1. The Labute approximate surface area is 198 Å². The van der Waals surface area contributed by atoms with E-state index in [9.17, 15) is 14.4 Å². The van der Waals surface area contributed by atoms with Crippen LogP contribution < -0.4 is 19.5 Å². The number of nitriles is 1. The van der Waals surface area contributed by atoms with Gasteiger partial charge >= 0.3 is 0 Å². The second-order valence-corrected chi connectivity index (χ2v) is 8.13. The Hall–Kier alpha value is -3.99. The van der Waals surface area contributed by atoms with Crippen LogP contribution in [-0.4, -0.2) is 26.8 Å². The topological polar surface area (TPSA) is 80.6 Å². The molecule has 0 aromatic heterocycles. The molecule has 0 saturated carbocycles. The summed E-state index contributed by atoms with van der Waals surface area (Å²) in [6.07, 6.45) is 1.47. The highest BCUT2D eigenvalue weighted by molar-refractivity contribution is 6.69. The van der Waals surface area contributed by atoms with Gasteiger partial charge in [0, 0.05) is 30.2 Å². The second-order valence-electron chi connectivity index (χ2n) is 8.13. The molecule has 4 rings (SSSR count). The molecule has 1 atom stereocenters. The Bertz CT molecular complexity index is 1240. The minimum absolute atomic E-state index is 0.133. The zero-order valence-corrected chi connectivity index (χ0v) is 19.0. The smallest absolute Gasteiger partial charge is 0.276 e. The van der Waals surface area contributed by atoms with E-state index < -0.39 is 5.82 Å². The number of carbonyl (C=O) groups excluding carboxylic acids is 1. The van der Waals surface area contributed by atoms with Crippen LogP contribution in [0, 0.1) is 17.0 Å². The molecule has 8 heteroatoms. The van der Waals surface area contributed by atoms with Gasteiger partial charge in [0.25, 0.3) is 6.71 Å². The van der Waals surface area contributed by atoms with E-state index in [2.05, 4.69) is 11.3 Å². The van der Waals surface area contributed by atoms with Crippen molar-refractivity contribution >= 4 is 18.3 Å². The number of hydrogen-bond acceptors (Lipinski definition) is 5. The van der Waals surface area contributed by atoms with Gasteiger partial charge in [0.2, 0.25) is 5.91 Å². The lowest BCUT2D eigenvalue weighted by atomic mass is 9.35. The monoisotopic (exact) mass is 458 g/mol. The minimum atomic E-state index is -0.411. The average molecular weight is 458 g/mol. The van der Waals surface area contributed by atoms with Gasteiger partial charge in [-0.2, -0.15) is 0 Å². The molecule has 0 radical (unpaired) electrons. The third-order valence-corrected chi connectivity index (χ3v) is 5.98. The Balaban J connectivity index is 1.63. The maximum absolute atomic E-state index is 13.7. The molecule has 3 aromatic rings. The first kappa shape index (κ1) is 23.2.